The second-order valence-electron chi connectivity index (χ2n) is 4.87. The van der Waals surface area contributed by atoms with Gasteiger partial charge in [-0.3, -0.25) is 9.59 Å². The first-order chi connectivity index (χ1) is 9.40. The number of nitrogens with zero attached hydrogens (tertiary/aromatic N) is 2. The summed E-state index contributed by atoms with van der Waals surface area (Å²) in [6, 6.07) is 3.38. The molecule has 0 unspecified atom stereocenters. The number of ketones is 1. The van der Waals surface area contributed by atoms with Crippen molar-refractivity contribution >= 4 is 23.0 Å². The Hall–Kier alpha value is -1.66. The second kappa shape index (κ2) is 7.81. The molecule has 0 aliphatic heterocycles. The predicted octanol–water partition coefficient (Wildman–Crippen LogP) is 1.30. The third-order valence-electron chi connectivity index (χ3n) is 2.44. The van der Waals surface area contributed by atoms with Gasteiger partial charge in [-0.1, -0.05) is 0 Å². The minimum Gasteiger partial charge on any atom is -0.383 e. The van der Waals surface area contributed by atoms with Crippen LogP contribution in [-0.2, 0) is 0 Å². The number of carbonyl (C=O) groups is 2. The molecule has 5 nitrogen and oxygen atoms in total. The smallest absolute Gasteiger partial charge is 0.261 e. The van der Waals surface area contributed by atoms with Crippen LogP contribution >= 0.6 is 11.3 Å². The maximum Gasteiger partial charge on any atom is 0.261 e. The van der Waals surface area contributed by atoms with Crippen molar-refractivity contribution in [3.8, 4) is 0 Å². The van der Waals surface area contributed by atoms with Crippen LogP contribution in [0.4, 0.5) is 0 Å². The van der Waals surface area contributed by atoms with Gasteiger partial charge >= 0.3 is 0 Å². The molecule has 1 aromatic rings. The van der Waals surface area contributed by atoms with Gasteiger partial charge in [0.25, 0.3) is 5.91 Å². The van der Waals surface area contributed by atoms with E-state index < -0.39 is 0 Å². The summed E-state index contributed by atoms with van der Waals surface area (Å²) in [5.74, 6) is -0.219. The van der Waals surface area contributed by atoms with Crippen molar-refractivity contribution in [3.63, 3.8) is 0 Å². The largest absolute Gasteiger partial charge is 0.383 e. The van der Waals surface area contributed by atoms with Crippen molar-refractivity contribution in [2.75, 3.05) is 41.3 Å². The number of likely N-dealkylation sites (N-methyl/N-ethyl adjacent to an activating group) is 1. The predicted molar refractivity (Wildman–Crippen MR) is 82.4 cm³/mol. The van der Waals surface area contributed by atoms with E-state index >= 15 is 0 Å². The molecule has 0 aliphatic rings. The van der Waals surface area contributed by atoms with E-state index in [1.54, 1.807) is 23.2 Å². The summed E-state index contributed by atoms with van der Waals surface area (Å²) in [5, 5.41) is 2.83. The minimum atomic E-state index is -0.132. The minimum absolute atomic E-state index is 0.0870. The zero-order valence-corrected chi connectivity index (χ0v) is 13.2. The Bertz CT molecular complexity index is 492. The van der Waals surface area contributed by atoms with E-state index in [4.69, 9.17) is 0 Å². The van der Waals surface area contributed by atoms with Gasteiger partial charge in [-0.25, -0.2) is 0 Å². The third kappa shape index (κ3) is 5.54. The highest BCUT2D eigenvalue weighted by molar-refractivity contribution is 7.16. The number of nitrogens with one attached hydrogen (secondary N) is 1. The van der Waals surface area contributed by atoms with Crippen molar-refractivity contribution < 1.29 is 9.59 Å². The van der Waals surface area contributed by atoms with Crippen LogP contribution in [0.3, 0.4) is 0 Å². The number of amides is 1. The molecule has 0 aromatic carbocycles. The summed E-state index contributed by atoms with van der Waals surface area (Å²) in [5.41, 5.74) is 0. The molecule has 1 rings (SSSR count). The topological polar surface area (TPSA) is 52.7 Å². The summed E-state index contributed by atoms with van der Waals surface area (Å²) < 4.78 is 0. The van der Waals surface area contributed by atoms with Gasteiger partial charge < -0.3 is 15.1 Å². The lowest BCUT2D eigenvalue weighted by Gasteiger charge is -2.09. The van der Waals surface area contributed by atoms with E-state index in [2.05, 4.69) is 5.32 Å². The van der Waals surface area contributed by atoms with Crippen molar-refractivity contribution in [3.05, 3.63) is 34.2 Å². The van der Waals surface area contributed by atoms with Crippen molar-refractivity contribution in [1.29, 1.82) is 0 Å². The Morgan fingerprint density at radius 2 is 1.85 bits per heavy atom. The van der Waals surface area contributed by atoms with Crippen molar-refractivity contribution in [2.24, 2.45) is 0 Å². The molecule has 0 aliphatic carbocycles. The maximum atomic E-state index is 11.9. The van der Waals surface area contributed by atoms with E-state index in [1.807, 2.05) is 33.1 Å². The highest BCUT2D eigenvalue weighted by atomic mass is 32.1. The van der Waals surface area contributed by atoms with Gasteiger partial charge in [0.2, 0.25) is 0 Å². The van der Waals surface area contributed by atoms with Gasteiger partial charge in [0.1, 0.15) is 0 Å². The fourth-order valence-corrected chi connectivity index (χ4v) is 2.21. The fraction of sp³-hybridized carbons (Fsp3) is 0.429. The summed E-state index contributed by atoms with van der Waals surface area (Å²) in [4.78, 5) is 28.6. The Labute approximate surface area is 123 Å². The summed E-state index contributed by atoms with van der Waals surface area (Å²) >= 11 is 1.21. The quantitative estimate of drug-likeness (QED) is 0.608. The monoisotopic (exact) mass is 295 g/mol. The van der Waals surface area contributed by atoms with Crippen LogP contribution in [0.5, 0.6) is 0 Å². The standard InChI is InChI=1S/C14H21N3O2S/c1-16(2)9-7-11(18)12-5-6-13(20-12)14(19)15-8-10-17(3)4/h5-7,9H,8,10H2,1-4H3,(H,15,19)/b9-7+. The van der Waals surface area contributed by atoms with Gasteiger partial charge in [-0.05, 0) is 26.2 Å². The van der Waals surface area contributed by atoms with Crippen LogP contribution in [0.2, 0.25) is 0 Å². The molecule has 0 atom stereocenters. The molecule has 6 heteroatoms. The zero-order valence-electron chi connectivity index (χ0n) is 12.3. The number of allylic oxidation sites excluding steroid dienone is 1. The first-order valence-electron chi connectivity index (χ1n) is 6.32. The molecule has 0 spiro atoms. The van der Waals surface area contributed by atoms with Gasteiger partial charge in [0, 0.05) is 39.5 Å². The molecule has 110 valence electrons. The van der Waals surface area contributed by atoms with Crippen molar-refractivity contribution in [2.45, 2.75) is 0 Å². The molecule has 0 bridgehead atoms. The van der Waals surface area contributed by atoms with Crippen LogP contribution in [-0.4, -0.2) is 62.8 Å². The molecule has 1 amide bonds. The average molecular weight is 295 g/mol. The van der Waals surface area contributed by atoms with E-state index in [9.17, 15) is 9.59 Å². The van der Waals surface area contributed by atoms with Gasteiger partial charge in [-0.2, -0.15) is 0 Å². The maximum absolute atomic E-state index is 11.9. The normalized spacial score (nSPS) is 11.1. The number of carbonyl (C=O) groups excluding carboxylic acids is 2. The van der Waals surface area contributed by atoms with Crippen LogP contribution in [0.15, 0.2) is 24.4 Å². The number of hydrogen-bond donors (Lipinski definition) is 1. The molecule has 1 N–H and O–H groups in total. The van der Waals surface area contributed by atoms with Crippen LogP contribution in [0.25, 0.3) is 0 Å². The average Bonchev–Trinajstić information content (AvgIpc) is 2.84. The number of rotatable bonds is 7. The summed E-state index contributed by atoms with van der Waals surface area (Å²) in [7, 11) is 7.60. The Balaban J connectivity index is 2.58. The highest BCUT2D eigenvalue weighted by Gasteiger charge is 2.11. The summed E-state index contributed by atoms with van der Waals surface area (Å²) in [6.07, 6.45) is 3.19. The van der Waals surface area contributed by atoms with E-state index in [-0.39, 0.29) is 11.7 Å². The molecular weight excluding hydrogens is 274 g/mol. The number of thiophene rings is 1. The highest BCUT2D eigenvalue weighted by Crippen LogP contribution is 2.17. The molecule has 0 fully saturated rings. The lowest BCUT2D eigenvalue weighted by molar-refractivity contribution is 0.0954. The van der Waals surface area contributed by atoms with Crippen molar-refractivity contribution in [1.82, 2.24) is 15.1 Å². The van der Waals surface area contributed by atoms with Crippen LogP contribution < -0.4 is 5.32 Å². The molecule has 1 aromatic heterocycles. The Morgan fingerprint density at radius 1 is 1.20 bits per heavy atom. The molecule has 20 heavy (non-hydrogen) atoms. The van der Waals surface area contributed by atoms with E-state index in [0.717, 1.165) is 6.54 Å². The number of hydrogen-bond acceptors (Lipinski definition) is 5. The second-order valence-corrected chi connectivity index (χ2v) is 5.95. The van der Waals surface area contributed by atoms with Gasteiger partial charge in [-0.15, -0.1) is 11.3 Å². The SMILES string of the molecule is CN(C)/C=C/C(=O)c1ccc(C(=O)NCCN(C)C)s1. The van der Waals surface area contributed by atoms with Gasteiger partial charge in [0.15, 0.2) is 5.78 Å². The first kappa shape index (κ1) is 16.4. The molecular formula is C14H21N3O2S. The fourth-order valence-electron chi connectivity index (χ4n) is 1.37. The van der Waals surface area contributed by atoms with E-state index in [0.29, 0.717) is 16.3 Å². The first-order valence-corrected chi connectivity index (χ1v) is 7.13. The van der Waals surface area contributed by atoms with Gasteiger partial charge in [0.05, 0.1) is 9.75 Å². The third-order valence-corrected chi connectivity index (χ3v) is 3.54. The van der Waals surface area contributed by atoms with Crippen LogP contribution in [0, 0.1) is 0 Å². The van der Waals surface area contributed by atoms with E-state index in [1.165, 1.54) is 17.4 Å². The molecule has 0 saturated carbocycles. The lowest BCUT2D eigenvalue weighted by atomic mass is 10.3. The lowest BCUT2D eigenvalue weighted by Crippen LogP contribution is -2.30. The zero-order chi connectivity index (χ0) is 15.1. The molecule has 0 radical (unpaired) electrons. The Kier molecular flexibility index (Phi) is 6.41. The van der Waals surface area contributed by atoms with Crippen LogP contribution in [0.1, 0.15) is 19.3 Å². The summed E-state index contributed by atoms with van der Waals surface area (Å²) in [6.45, 7) is 1.38. The molecule has 1 heterocycles. The molecule has 0 saturated heterocycles. The Morgan fingerprint density at radius 3 is 2.45 bits per heavy atom.